The Morgan fingerprint density at radius 2 is 2.12 bits per heavy atom. The fourth-order valence-electron chi connectivity index (χ4n) is 4.86. The molecule has 4 aliphatic rings. The monoisotopic (exact) mass is 362 g/mol. The second-order valence-corrected chi connectivity index (χ2v) is 8.68. The van der Waals surface area contributed by atoms with Crippen molar-refractivity contribution in [3.8, 4) is 0 Å². The number of carbonyl (C=O) groups excluding carboxylic acids is 1. The maximum Gasteiger partial charge on any atom is 0.319 e. The molecule has 2 N–H and O–H groups in total. The van der Waals surface area contributed by atoms with Crippen LogP contribution in [0.15, 0.2) is 16.8 Å². The SMILES string of the molecule is O=C(NC[C@@H]1C[C@H]2CCN1C[C@@H]2CN1CCCCC1)Nc1ccsc1. The lowest BCUT2D eigenvalue weighted by Crippen LogP contribution is -2.58. The van der Waals surface area contributed by atoms with Crippen LogP contribution in [-0.4, -0.2) is 61.1 Å². The third kappa shape index (κ3) is 4.36. The average Bonchev–Trinajstić information content (AvgIpc) is 3.15. The number of nitrogens with zero attached hydrogens (tertiary/aromatic N) is 2. The van der Waals surface area contributed by atoms with E-state index in [1.165, 1.54) is 64.8 Å². The van der Waals surface area contributed by atoms with Crippen molar-refractivity contribution in [3.63, 3.8) is 0 Å². The van der Waals surface area contributed by atoms with E-state index in [0.29, 0.717) is 6.04 Å². The summed E-state index contributed by atoms with van der Waals surface area (Å²) in [5, 5.41) is 9.91. The van der Waals surface area contributed by atoms with Gasteiger partial charge >= 0.3 is 6.03 Å². The number of rotatable bonds is 5. The average molecular weight is 363 g/mol. The van der Waals surface area contributed by atoms with Crippen molar-refractivity contribution >= 4 is 23.1 Å². The molecule has 5 rings (SSSR count). The van der Waals surface area contributed by atoms with E-state index in [4.69, 9.17) is 0 Å². The summed E-state index contributed by atoms with van der Waals surface area (Å²) in [6.45, 7) is 7.09. The number of piperidine rings is 4. The van der Waals surface area contributed by atoms with Gasteiger partial charge in [-0.05, 0) is 68.6 Å². The van der Waals surface area contributed by atoms with Crippen molar-refractivity contribution < 1.29 is 4.79 Å². The van der Waals surface area contributed by atoms with E-state index in [9.17, 15) is 4.79 Å². The quantitative estimate of drug-likeness (QED) is 0.846. The van der Waals surface area contributed by atoms with E-state index in [2.05, 4.69) is 20.4 Å². The number of nitrogens with one attached hydrogen (secondary N) is 2. The number of amides is 2. The Balaban J connectivity index is 1.23. The standard InChI is InChI=1S/C19H30N4OS/c24-19(21-17-5-9-25-14-17)20-11-18-10-15-4-8-23(18)13-16(15)12-22-6-2-1-3-7-22/h5,9,14-16,18H,1-4,6-8,10-13H2,(H2,20,21,24)/t15-,16+,18+/m1/s1. The van der Waals surface area contributed by atoms with Gasteiger partial charge in [0.25, 0.3) is 0 Å². The molecule has 5 heterocycles. The van der Waals surface area contributed by atoms with Gasteiger partial charge in [0.2, 0.25) is 0 Å². The number of likely N-dealkylation sites (tertiary alicyclic amines) is 1. The number of urea groups is 1. The normalized spacial score (nSPS) is 32.5. The van der Waals surface area contributed by atoms with Gasteiger partial charge in [-0.1, -0.05) is 6.42 Å². The van der Waals surface area contributed by atoms with Crippen LogP contribution in [-0.2, 0) is 0 Å². The minimum atomic E-state index is -0.0779. The highest BCUT2D eigenvalue weighted by Gasteiger charge is 2.40. The van der Waals surface area contributed by atoms with Gasteiger partial charge < -0.3 is 15.5 Å². The maximum atomic E-state index is 12.0. The Morgan fingerprint density at radius 1 is 1.24 bits per heavy atom. The molecule has 2 amide bonds. The number of hydrogen-bond donors (Lipinski definition) is 2. The van der Waals surface area contributed by atoms with E-state index in [1.807, 2.05) is 16.8 Å². The number of hydrogen-bond acceptors (Lipinski definition) is 4. The van der Waals surface area contributed by atoms with Crippen LogP contribution in [0.3, 0.4) is 0 Å². The van der Waals surface area contributed by atoms with E-state index in [-0.39, 0.29) is 6.03 Å². The molecular weight excluding hydrogens is 332 g/mol. The zero-order valence-electron chi connectivity index (χ0n) is 15.0. The lowest BCUT2D eigenvalue weighted by Gasteiger charge is -2.51. The third-order valence-corrected chi connectivity index (χ3v) is 6.92. The Labute approximate surface area is 154 Å². The van der Waals surface area contributed by atoms with Crippen LogP contribution < -0.4 is 10.6 Å². The second kappa shape index (κ2) is 8.06. The molecule has 1 aromatic heterocycles. The Morgan fingerprint density at radius 3 is 2.84 bits per heavy atom. The van der Waals surface area contributed by atoms with Crippen LogP contribution in [0.4, 0.5) is 10.5 Å². The molecule has 4 atom stereocenters. The second-order valence-electron chi connectivity index (χ2n) is 7.90. The molecule has 4 saturated heterocycles. The van der Waals surface area contributed by atoms with Gasteiger partial charge in [-0.25, -0.2) is 4.79 Å². The van der Waals surface area contributed by atoms with Crippen molar-refractivity contribution in [3.05, 3.63) is 16.8 Å². The third-order valence-electron chi connectivity index (χ3n) is 6.23. The summed E-state index contributed by atoms with van der Waals surface area (Å²) >= 11 is 1.60. The van der Waals surface area contributed by atoms with E-state index < -0.39 is 0 Å². The number of thiophene rings is 1. The summed E-state index contributed by atoms with van der Waals surface area (Å²) in [7, 11) is 0. The summed E-state index contributed by atoms with van der Waals surface area (Å²) in [5.74, 6) is 1.68. The molecule has 0 spiro atoms. The molecule has 0 aliphatic carbocycles. The van der Waals surface area contributed by atoms with Gasteiger partial charge in [0, 0.05) is 31.1 Å². The highest BCUT2D eigenvalue weighted by atomic mass is 32.1. The molecule has 0 saturated carbocycles. The fourth-order valence-corrected chi connectivity index (χ4v) is 5.45. The van der Waals surface area contributed by atoms with E-state index >= 15 is 0 Å². The van der Waals surface area contributed by atoms with E-state index in [1.54, 1.807) is 11.3 Å². The molecular formula is C19H30N4OS. The molecule has 0 radical (unpaired) electrons. The number of carbonyl (C=O) groups is 1. The van der Waals surface area contributed by atoms with Crippen molar-refractivity contribution in [2.45, 2.75) is 38.1 Å². The number of anilines is 1. The van der Waals surface area contributed by atoms with Crippen molar-refractivity contribution in [2.75, 3.05) is 44.6 Å². The van der Waals surface area contributed by atoms with E-state index in [0.717, 1.165) is 24.1 Å². The molecule has 5 nitrogen and oxygen atoms in total. The zero-order valence-corrected chi connectivity index (χ0v) is 15.8. The van der Waals surface area contributed by atoms with Gasteiger partial charge in [0.15, 0.2) is 0 Å². The lowest BCUT2D eigenvalue weighted by molar-refractivity contribution is -0.0128. The first-order valence-electron chi connectivity index (χ1n) is 9.81. The Bertz CT molecular complexity index is 558. The highest BCUT2D eigenvalue weighted by molar-refractivity contribution is 7.08. The van der Waals surface area contributed by atoms with Gasteiger partial charge in [-0.2, -0.15) is 11.3 Å². The first kappa shape index (κ1) is 17.3. The summed E-state index contributed by atoms with van der Waals surface area (Å²) in [6.07, 6.45) is 6.77. The molecule has 1 aromatic rings. The van der Waals surface area contributed by atoms with Gasteiger partial charge in [-0.15, -0.1) is 0 Å². The summed E-state index contributed by atoms with van der Waals surface area (Å²) in [5.41, 5.74) is 0.884. The van der Waals surface area contributed by atoms with Crippen molar-refractivity contribution in [1.29, 1.82) is 0 Å². The smallest absolute Gasteiger partial charge is 0.319 e. The highest BCUT2D eigenvalue weighted by Crippen LogP contribution is 2.36. The molecule has 0 aromatic carbocycles. The van der Waals surface area contributed by atoms with Gasteiger partial charge in [0.1, 0.15) is 0 Å². The summed E-state index contributed by atoms with van der Waals surface area (Å²) in [6, 6.07) is 2.37. The minimum absolute atomic E-state index is 0.0779. The Hall–Kier alpha value is -1.11. The molecule has 25 heavy (non-hydrogen) atoms. The Kier molecular flexibility index (Phi) is 5.58. The van der Waals surface area contributed by atoms with Gasteiger partial charge in [0.05, 0.1) is 5.69 Å². The predicted octanol–water partition coefficient (Wildman–Crippen LogP) is 3.07. The lowest BCUT2D eigenvalue weighted by atomic mass is 9.75. The van der Waals surface area contributed by atoms with Crippen molar-refractivity contribution in [1.82, 2.24) is 15.1 Å². The fraction of sp³-hybridized carbons (Fsp3) is 0.737. The molecule has 4 aliphatic heterocycles. The maximum absolute atomic E-state index is 12.0. The number of fused-ring (bicyclic) bond motifs is 3. The van der Waals surface area contributed by atoms with Gasteiger partial charge in [-0.3, -0.25) is 4.90 Å². The van der Waals surface area contributed by atoms with Crippen LogP contribution in [0.25, 0.3) is 0 Å². The molecule has 1 unspecified atom stereocenters. The van der Waals surface area contributed by atoms with Crippen LogP contribution in [0.1, 0.15) is 32.1 Å². The molecule has 2 bridgehead atoms. The topological polar surface area (TPSA) is 47.6 Å². The molecule has 4 fully saturated rings. The van der Waals surface area contributed by atoms with Crippen LogP contribution in [0.2, 0.25) is 0 Å². The van der Waals surface area contributed by atoms with Crippen LogP contribution in [0.5, 0.6) is 0 Å². The van der Waals surface area contributed by atoms with Crippen LogP contribution in [0, 0.1) is 11.8 Å². The molecule has 138 valence electrons. The van der Waals surface area contributed by atoms with Crippen molar-refractivity contribution in [2.24, 2.45) is 11.8 Å². The summed E-state index contributed by atoms with van der Waals surface area (Å²) in [4.78, 5) is 17.4. The van der Waals surface area contributed by atoms with Crippen LogP contribution >= 0.6 is 11.3 Å². The first-order chi connectivity index (χ1) is 12.3. The minimum Gasteiger partial charge on any atom is -0.336 e. The summed E-state index contributed by atoms with van der Waals surface area (Å²) < 4.78 is 0. The first-order valence-corrected chi connectivity index (χ1v) is 10.8. The zero-order chi connectivity index (χ0) is 17.1. The largest absolute Gasteiger partial charge is 0.336 e. The molecule has 6 heteroatoms. The predicted molar refractivity (Wildman–Crippen MR) is 103 cm³/mol.